The lowest BCUT2D eigenvalue weighted by Gasteiger charge is -2.40. The average molecular weight is 219 g/mol. The van der Waals surface area contributed by atoms with Crippen molar-refractivity contribution in [2.24, 2.45) is 0 Å². The number of hydrogen-bond acceptors (Lipinski definition) is 2. The fraction of sp³-hybridized carbons (Fsp3) is 0.571. The molecular weight excluding hydrogens is 198 g/mol. The standard InChI is InChI=1S/C14H21NO/c1-12-8-4-5-9-13(12)14(2,16)15-10-6-3-7-11-15/h4-5,8-9,16H,3,6-7,10-11H2,1-2H3. The molecule has 1 heterocycles. The van der Waals surface area contributed by atoms with Crippen LogP contribution in [-0.4, -0.2) is 23.1 Å². The largest absolute Gasteiger partial charge is 0.372 e. The first-order chi connectivity index (χ1) is 7.62. The summed E-state index contributed by atoms with van der Waals surface area (Å²) in [6.45, 7) is 5.98. The van der Waals surface area contributed by atoms with Gasteiger partial charge >= 0.3 is 0 Å². The van der Waals surface area contributed by atoms with Crippen LogP contribution < -0.4 is 0 Å². The number of benzene rings is 1. The van der Waals surface area contributed by atoms with Crippen LogP contribution in [0.3, 0.4) is 0 Å². The molecule has 2 nitrogen and oxygen atoms in total. The molecule has 0 amide bonds. The summed E-state index contributed by atoms with van der Waals surface area (Å²) < 4.78 is 0. The Bertz CT molecular complexity index is 354. The quantitative estimate of drug-likeness (QED) is 0.826. The molecule has 0 spiro atoms. The number of likely N-dealkylation sites (tertiary alicyclic amines) is 1. The van der Waals surface area contributed by atoms with Crippen molar-refractivity contribution in [2.75, 3.05) is 13.1 Å². The van der Waals surface area contributed by atoms with Gasteiger partial charge in [0.25, 0.3) is 0 Å². The van der Waals surface area contributed by atoms with E-state index in [1.807, 2.05) is 25.1 Å². The SMILES string of the molecule is Cc1ccccc1C(C)(O)N1CCCCC1. The highest BCUT2D eigenvalue weighted by molar-refractivity contribution is 5.30. The second-order valence-corrected chi connectivity index (χ2v) is 4.88. The molecule has 0 aromatic heterocycles. The van der Waals surface area contributed by atoms with Crippen LogP contribution in [0.4, 0.5) is 0 Å². The van der Waals surface area contributed by atoms with E-state index in [0.29, 0.717) is 0 Å². The number of aliphatic hydroxyl groups is 1. The van der Waals surface area contributed by atoms with E-state index in [9.17, 15) is 5.11 Å². The molecule has 1 aromatic carbocycles. The number of piperidine rings is 1. The van der Waals surface area contributed by atoms with Gasteiger partial charge in [0.2, 0.25) is 0 Å². The zero-order chi connectivity index (χ0) is 11.6. The number of hydrogen-bond donors (Lipinski definition) is 1. The van der Waals surface area contributed by atoms with Gasteiger partial charge in [0.05, 0.1) is 0 Å². The molecule has 1 N–H and O–H groups in total. The van der Waals surface area contributed by atoms with Crippen molar-refractivity contribution < 1.29 is 5.11 Å². The Kier molecular flexibility index (Phi) is 3.31. The van der Waals surface area contributed by atoms with Gasteiger partial charge in [-0.3, -0.25) is 4.90 Å². The molecule has 1 unspecified atom stereocenters. The van der Waals surface area contributed by atoms with Crippen LogP contribution in [-0.2, 0) is 5.72 Å². The fourth-order valence-corrected chi connectivity index (χ4v) is 2.60. The van der Waals surface area contributed by atoms with Gasteiger partial charge in [-0.15, -0.1) is 0 Å². The van der Waals surface area contributed by atoms with Crippen LogP contribution in [0.1, 0.15) is 37.3 Å². The third-order valence-electron chi connectivity index (χ3n) is 3.63. The van der Waals surface area contributed by atoms with Crippen LogP contribution in [0, 0.1) is 6.92 Å². The number of rotatable bonds is 2. The maximum Gasteiger partial charge on any atom is 0.142 e. The Morgan fingerprint density at radius 3 is 2.38 bits per heavy atom. The van der Waals surface area contributed by atoms with Crippen molar-refractivity contribution in [3.8, 4) is 0 Å². The first-order valence-corrected chi connectivity index (χ1v) is 6.16. The van der Waals surface area contributed by atoms with E-state index in [4.69, 9.17) is 0 Å². The van der Waals surface area contributed by atoms with Crippen molar-refractivity contribution in [1.82, 2.24) is 4.90 Å². The zero-order valence-electron chi connectivity index (χ0n) is 10.2. The Morgan fingerprint density at radius 1 is 1.12 bits per heavy atom. The summed E-state index contributed by atoms with van der Waals surface area (Å²) in [5.74, 6) is 0. The van der Waals surface area contributed by atoms with E-state index in [1.165, 1.54) is 19.3 Å². The maximum absolute atomic E-state index is 10.7. The molecule has 2 rings (SSSR count). The number of aryl methyl sites for hydroxylation is 1. The van der Waals surface area contributed by atoms with Crippen molar-refractivity contribution in [3.05, 3.63) is 35.4 Å². The first kappa shape index (κ1) is 11.6. The lowest BCUT2D eigenvalue weighted by molar-refractivity contribution is -0.109. The molecule has 2 heteroatoms. The van der Waals surface area contributed by atoms with Crippen LogP contribution in [0.25, 0.3) is 0 Å². The molecule has 1 aliphatic rings. The van der Waals surface area contributed by atoms with Crippen molar-refractivity contribution in [2.45, 2.75) is 38.8 Å². The molecule has 1 atom stereocenters. The molecule has 0 aliphatic carbocycles. The topological polar surface area (TPSA) is 23.5 Å². The van der Waals surface area contributed by atoms with Gasteiger partial charge in [-0.25, -0.2) is 0 Å². The Hall–Kier alpha value is -0.860. The van der Waals surface area contributed by atoms with Crippen molar-refractivity contribution >= 4 is 0 Å². The van der Waals surface area contributed by atoms with Gasteiger partial charge in [-0.1, -0.05) is 30.7 Å². The molecular formula is C14H21NO. The van der Waals surface area contributed by atoms with E-state index >= 15 is 0 Å². The van der Waals surface area contributed by atoms with E-state index < -0.39 is 5.72 Å². The molecule has 1 aromatic rings. The molecule has 0 bridgehead atoms. The molecule has 0 saturated carbocycles. The van der Waals surface area contributed by atoms with Crippen LogP contribution in [0.2, 0.25) is 0 Å². The maximum atomic E-state index is 10.7. The summed E-state index contributed by atoms with van der Waals surface area (Å²) in [7, 11) is 0. The predicted octanol–water partition coefficient (Wildman–Crippen LogP) is 2.65. The van der Waals surface area contributed by atoms with Crippen LogP contribution in [0.5, 0.6) is 0 Å². The molecule has 1 saturated heterocycles. The summed E-state index contributed by atoms with van der Waals surface area (Å²) in [4.78, 5) is 2.19. The molecule has 1 fully saturated rings. The van der Waals surface area contributed by atoms with Gasteiger partial charge in [0, 0.05) is 18.7 Å². The zero-order valence-corrected chi connectivity index (χ0v) is 10.2. The molecule has 0 radical (unpaired) electrons. The minimum absolute atomic E-state index is 0.814. The summed E-state index contributed by atoms with van der Waals surface area (Å²) in [6, 6.07) is 8.11. The normalized spacial score (nSPS) is 21.7. The van der Waals surface area contributed by atoms with Crippen LogP contribution >= 0.6 is 0 Å². The Labute approximate surface area is 97.9 Å². The van der Waals surface area contributed by atoms with Gasteiger partial charge < -0.3 is 5.11 Å². The summed E-state index contributed by atoms with van der Waals surface area (Å²) in [6.07, 6.45) is 3.68. The van der Waals surface area contributed by atoms with Crippen molar-refractivity contribution in [1.29, 1.82) is 0 Å². The van der Waals surface area contributed by atoms with E-state index in [0.717, 1.165) is 24.2 Å². The summed E-state index contributed by atoms with van der Waals surface area (Å²) >= 11 is 0. The second-order valence-electron chi connectivity index (χ2n) is 4.88. The Morgan fingerprint density at radius 2 is 1.75 bits per heavy atom. The van der Waals surface area contributed by atoms with Gasteiger partial charge in [0.1, 0.15) is 5.72 Å². The fourth-order valence-electron chi connectivity index (χ4n) is 2.60. The van der Waals surface area contributed by atoms with Crippen molar-refractivity contribution in [3.63, 3.8) is 0 Å². The van der Waals surface area contributed by atoms with Gasteiger partial charge in [-0.2, -0.15) is 0 Å². The molecule has 1 aliphatic heterocycles. The minimum Gasteiger partial charge on any atom is -0.372 e. The highest BCUT2D eigenvalue weighted by Crippen LogP contribution is 2.30. The second kappa shape index (κ2) is 4.56. The van der Waals surface area contributed by atoms with Gasteiger partial charge in [-0.05, 0) is 32.3 Å². The minimum atomic E-state index is -0.814. The highest BCUT2D eigenvalue weighted by Gasteiger charge is 2.32. The number of nitrogens with zero attached hydrogens (tertiary/aromatic N) is 1. The van der Waals surface area contributed by atoms with E-state index in [1.54, 1.807) is 0 Å². The highest BCUT2D eigenvalue weighted by atomic mass is 16.3. The first-order valence-electron chi connectivity index (χ1n) is 6.16. The Balaban J connectivity index is 2.26. The third-order valence-corrected chi connectivity index (χ3v) is 3.63. The van der Waals surface area contributed by atoms with E-state index in [-0.39, 0.29) is 0 Å². The van der Waals surface area contributed by atoms with Crippen LogP contribution in [0.15, 0.2) is 24.3 Å². The predicted molar refractivity (Wildman–Crippen MR) is 66.2 cm³/mol. The summed E-state index contributed by atoms with van der Waals surface area (Å²) in [5, 5.41) is 10.7. The average Bonchev–Trinajstić information content (AvgIpc) is 2.30. The van der Waals surface area contributed by atoms with E-state index in [2.05, 4.69) is 17.9 Å². The molecule has 16 heavy (non-hydrogen) atoms. The lowest BCUT2D eigenvalue weighted by Crippen LogP contribution is -2.46. The summed E-state index contributed by atoms with van der Waals surface area (Å²) in [5.41, 5.74) is 1.39. The third kappa shape index (κ3) is 2.13. The lowest BCUT2D eigenvalue weighted by atomic mass is 9.96. The monoisotopic (exact) mass is 219 g/mol. The van der Waals surface area contributed by atoms with Gasteiger partial charge in [0.15, 0.2) is 0 Å². The smallest absolute Gasteiger partial charge is 0.142 e. The molecule has 88 valence electrons.